The van der Waals surface area contributed by atoms with Crippen molar-refractivity contribution in [1.82, 2.24) is 0 Å². The number of allylic oxidation sites excluding steroid dienone is 2. The Morgan fingerprint density at radius 2 is 0.733 bits per heavy atom. The van der Waals surface area contributed by atoms with Crippen LogP contribution >= 0.6 is 23.5 Å². The molecule has 1 aromatic carbocycles. The molecule has 3 aliphatic rings. The number of benzene rings is 1. The molecule has 2 fully saturated rings. The van der Waals surface area contributed by atoms with Gasteiger partial charge in [0.25, 0.3) is 0 Å². The molecular weight excluding hydrogens is 841 g/mol. The van der Waals surface area contributed by atoms with E-state index in [-0.39, 0.29) is 20.9 Å². The first-order valence-electron chi connectivity index (χ1n) is 18.0. The number of Topliss-reactive ketones (excluding diaryl/α,β-unsaturated/α-hetero) is 2. The summed E-state index contributed by atoms with van der Waals surface area (Å²) in [7, 11) is 0. The van der Waals surface area contributed by atoms with E-state index < -0.39 is 132 Å². The third-order valence-corrected chi connectivity index (χ3v) is 11.0. The topological polar surface area (TPSA) is 263 Å². The van der Waals surface area contributed by atoms with Crippen molar-refractivity contribution < 1.29 is 95.3 Å². The molecule has 10 atom stereocenters. The molecule has 2 aliphatic heterocycles. The fourth-order valence-electron chi connectivity index (χ4n) is 6.34. The molecule has 20 nitrogen and oxygen atoms in total. The smallest absolute Gasteiger partial charge is 0.303 e. The lowest BCUT2D eigenvalue weighted by Crippen LogP contribution is -2.61. The second-order valence-electron chi connectivity index (χ2n) is 13.2. The lowest BCUT2D eigenvalue weighted by molar-refractivity contribution is -0.237. The number of ketones is 2. The van der Waals surface area contributed by atoms with Gasteiger partial charge >= 0.3 is 47.8 Å². The predicted octanol–water partition coefficient (Wildman–Crippen LogP) is 1.91. The van der Waals surface area contributed by atoms with Crippen LogP contribution in [0.2, 0.25) is 0 Å². The average Bonchev–Trinajstić information content (AvgIpc) is 3.13. The van der Waals surface area contributed by atoms with Gasteiger partial charge in [0, 0.05) is 66.5 Å². The molecule has 22 heteroatoms. The third-order valence-electron chi connectivity index (χ3n) is 8.40. The van der Waals surface area contributed by atoms with Crippen molar-refractivity contribution in [1.29, 1.82) is 0 Å². The number of fused-ring (bicyclic) bond motifs is 1. The van der Waals surface area contributed by atoms with Crippen molar-refractivity contribution in [3.05, 3.63) is 45.2 Å². The lowest BCUT2D eigenvalue weighted by Gasteiger charge is -2.45. The largest absolute Gasteiger partial charge is 0.463 e. The van der Waals surface area contributed by atoms with Crippen LogP contribution in [0.1, 0.15) is 76.1 Å². The summed E-state index contributed by atoms with van der Waals surface area (Å²) in [5.74, 6) is -8.52. The number of esters is 8. The van der Waals surface area contributed by atoms with Crippen LogP contribution < -0.4 is 0 Å². The Hall–Kier alpha value is -5.32. The van der Waals surface area contributed by atoms with E-state index in [1.165, 1.54) is 24.3 Å². The molecule has 0 radical (unpaired) electrons. The summed E-state index contributed by atoms with van der Waals surface area (Å²) in [5, 5.41) is 0. The second-order valence-corrected chi connectivity index (χ2v) is 15.5. The van der Waals surface area contributed by atoms with Crippen molar-refractivity contribution in [3.63, 3.8) is 0 Å². The van der Waals surface area contributed by atoms with E-state index in [1.54, 1.807) is 0 Å². The maximum Gasteiger partial charge on any atom is 0.303 e. The van der Waals surface area contributed by atoms with Crippen LogP contribution in [0, 0.1) is 0 Å². The Morgan fingerprint density at radius 3 is 1.02 bits per heavy atom. The molecule has 0 spiro atoms. The summed E-state index contributed by atoms with van der Waals surface area (Å²) < 4.78 is 55.9. The highest BCUT2D eigenvalue weighted by atomic mass is 32.2. The zero-order chi connectivity index (χ0) is 44.6. The predicted molar refractivity (Wildman–Crippen MR) is 201 cm³/mol. The van der Waals surface area contributed by atoms with Crippen LogP contribution in [-0.2, 0) is 85.7 Å². The van der Waals surface area contributed by atoms with E-state index in [4.69, 9.17) is 47.4 Å². The number of hydrogen-bond acceptors (Lipinski definition) is 22. The van der Waals surface area contributed by atoms with Crippen molar-refractivity contribution in [3.8, 4) is 0 Å². The van der Waals surface area contributed by atoms with E-state index in [2.05, 4.69) is 0 Å². The molecule has 0 bridgehead atoms. The number of hydrogen-bond donors (Lipinski definition) is 0. The molecule has 10 unspecified atom stereocenters. The average molecular weight is 883 g/mol. The highest BCUT2D eigenvalue weighted by Crippen LogP contribution is 2.47. The zero-order valence-electron chi connectivity index (χ0n) is 33.5. The SMILES string of the molecule is CC(=O)OCC1OC(SC2=C(SC3OC(COC(C)=O)C(OC(C)=O)C(OC(C)=O)C3OC(C)=O)C(=O)c3ccccc3C2=O)C(OC(C)=O)C(OC(C)=O)C1OC(C)=O. The fourth-order valence-corrected chi connectivity index (χ4v) is 9.02. The van der Waals surface area contributed by atoms with Crippen molar-refractivity contribution in [2.24, 2.45) is 0 Å². The number of carbonyl (C=O) groups is 10. The van der Waals surface area contributed by atoms with E-state index in [0.717, 1.165) is 55.4 Å². The van der Waals surface area contributed by atoms with Crippen molar-refractivity contribution in [2.45, 2.75) is 115 Å². The Morgan fingerprint density at radius 1 is 0.450 bits per heavy atom. The quantitative estimate of drug-likeness (QED) is 0.191. The first kappa shape index (κ1) is 47.4. The van der Waals surface area contributed by atoms with Gasteiger partial charge in [-0.25, -0.2) is 0 Å². The summed E-state index contributed by atoms with van der Waals surface area (Å²) >= 11 is 1.07. The maximum absolute atomic E-state index is 14.5. The van der Waals surface area contributed by atoms with Crippen LogP contribution in [0.3, 0.4) is 0 Å². The molecule has 60 heavy (non-hydrogen) atoms. The summed E-state index contributed by atoms with van der Waals surface area (Å²) in [6.07, 6.45) is -12.4. The molecule has 0 N–H and O–H groups in total. The van der Waals surface area contributed by atoms with E-state index in [1.807, 2.05) is 0 Å². The fraction of sp³-hybridized carbons (Fsp3) is 0.526. The standard InChI is InChI=1S/C38H42O20S2/c1-15(39)49-13-25-29(51-17(3)41)31(53-19(5)43)33(55-21(7)45)37(57-25)59-35-27(47)23-11-9-10-12-24(23)28(48)36(35)60-38-34(56-22(8)46)32(54-20(6)44)30(52-18(4)42)26(58-38)14-50-16(2)40/h9-12,25-26,29-34,37-38H,13-14H2,1-8H3. The van der Waals surface area contributed by atoms with Gasteiger partial charge in [0.15, 0.2) is 36.6 Å². The minimum atomic E-state index is -1.65. The number of thioether (sulfide) groups is 2. The highest BCUT2D eigenvalue weighted by molar-refractivity contribution is 8.08. The second kappa shape index (κ2) is 20.8. The molecule has 2 heterocycles. The van der Waals surface area contributed by atoms with E-state index >= 15 is 0 Å². The van der Waals surface area contributed by atoms with Gasteiger partial charge in [-0.2, -0.15) is 0 Å². The first-order chi connectivity index (χ1) is 28.2. The minimum absolute atomic E-state index is 0.0680. The van der Waals surface area contributed by atoms with E-state index in [0.29, 0.717) is 23.5 Å². The summed E-state index contributed by atoms with van der Waals surface area (Å²) in [5.41, 5.74) is -3.29. The van der Waals surface area contributed by atoms with Gasteiger partial charge in [0.2, 0.25) is 11.6 Å². The van der Waals surface area contributed by atoms with Gasteiger partial charge < -0.3 is 47.4 Å². The van der Waals surface area contributed by atoms with Gasteiger partial charge in [-0.3, -0.25) is 47.9 Å². The third kappa shape index (κ3) is 12.1. The molecule has 0 aromatic heterocycles. The number of carbonyl (C=O) groups excluding carboxylic acids is 10. The van der Waals surface area contributed by atoms with Crippen LogP contribution in [0.5, 0.6) is 0 Å². The van der Waals surface area contributed by atoms with Gasteiger partial charge in [0.1, 0.15) is 36.3 Å². The summed E-state index contributed by atoms with van der Waals surface area (Å²) in [6.45, 7) is 7.19. The maximum atomic E-state index is 14.5. The summed E-state index contributed by atoms with van der Waals surface area (Å²) in [4.78, 5) is 127. The van der Waals surface area contributed by atoms with Gasteiger partial charge in [-0.1, -0.05) is 47.8 Å². The van der Waals surface area contributed by atoms with Gasteiger partial charge in [-0.05, 0) is 0 Å². The highest BCUT2D eigenvalue weighted by Gasteiger charge is 2.56. The zero-order valence-corrected chi connectivity index (χ0v) is 35.1. The molecule has 1 aliphatic carbocycles. The van der Waals surface area contributed by atoms with Gasteiger partial charge in [-0.15, -0.1) is 0 Å². The Kier molecular flexibility index (Phi) is 16.4. The lowest BCUT2D eigenvalue weighted by atomic mass is 9.94. The molecule has 326 valence electrons. The first-order valence-corrected chi connectivity index (χ1v) is 19.8. The van der Waals surface area contributed by atoms with Crippen molar-refractivity contribution in [2.75, 3.05) is 13.2 Å². The van der Waals surface area contributed by atoms with E-state index in [9.17, 15) is 47.9 Å². The van der Waals surface area contributed by atoms with Crippen LogP contribution in [0.25, 0.3) is 0 Å². The normalized spacial score (nSPS) is 27.3. The minimum Gasteiger partial charge on any atom is -0.463 e. The summed E-state index contributed by atoms with van der Waals surface area (Å²) in [6, 6.07) is 5.74. The van der Waals surface area contributed by atoms with Gasteiger partial charge in [0.05, 0.1) is 9.81 Å². The molecular formula is C38H42O20S2. The monoisotopic (exact) mass is 882 g/mol. The molecule has 1 aromatic rings. The van der Waals surface area contributed by atoms with Crippen LogP contribution in [0.15, 0.2) is 34.1 Å². The Balaban J connectivity index is 1.93. The molecule has 0 amide bonds. The molecule has 0 saturated carbocycles. The molecule has 4 rings (SSSR count). The number of ether oxygens (including phenoxy) is 10. The Bertz CT molecular complexity index is 1810. The van der Waals surface area contributed by atoms with Crippen LogP contribution in [-0.4, -0.2) is 132 Å². The Labute approximate surface area is 350 Å². The molecule has 2 saturated heterocycles. The van der Waals surface area contributed by atoms with Crippen LogP contribution in [0.4, 0.5) is 0 Å². The van der Waals surface area contributed by atoms with Crippen molar-refractivity contribution >= 4 is 82.8 Å². The number of rotatable bonds is 14.